The van der Waals surface area contributed by atoms with Crippen molar-refractivity contribution < 1.29 is 4.39 Å². The first-order valence-electron chi connectivity index (χ1n) is 6.01. The van der Waals surface area contributed by atoms with E-state index < -0.39 is 0 Å². The van der Waals surface area contributed by atoms with E-state index in [1.165, 1.54) is 6.07 Å². The molecule has 0 saturated heterocycles. The highest BCUT2D eigenvalue weighted by Crippen LogP contribution is 2.26. The van der Waals surface area contributed by atoms with E-state index in [-0.39, 0.29) is 5.82 Å². The monoisotopic (exact) mass is 331 g/mol. The van der Waals surface area contributed by atoms with Crippen molar-refractivity contribution in [2.75, 3.05) is 5.73 Å². The first-order chi connectivity index (χ1) is 9.65. The third kappa shape index (κ3) is 2.32. The van der Waals surface area contributed by atoms with Crippen LogP contribution >= 0.6 is 15.9 Å². The Morgan fingerprint density at radius 2 is 1.80 bits per heavy atom. The fourth-order valence-electron chi connectivity index (χ4n) is 1.97. The maximum atomic E-state index is 13.3. The number of nitrogens with two attached hydrogens (primary N) is 1. The summed E-state index contributed by atoms with van der Waals surface area (Å²) in [5, 5.41) is 4.47. The smallest absolute Gasteiger partial charge is 0.137 e. The van der Waals surface area contributed by atoms with Gasteiger partial charge in [0.15, 0.2) is 0 Å². The van der Waals surface area contributed by atoms with Gasteiger partial charge in [-0.15, -0.1) is 0 Å². The summed E-state index contributed by atoms with van der Waals surface area (Å²) in [6.45, 7) is 0. The van der Waals surface area contributed by atoms with Gasteiger partial charge in [-0.1, -0.05) is 18.2 Å². The highest BCUT2D eigenvalue weighted by atomic mass is 79.9. The van der Waals surface area contributed by atoms with Gasteiger partial charge in [-0.25, -0.2) is 9.07 Å². The van der Waals surface area contributed by atoms with Gasteiger partial charge in [0.1, 0.15) is 11.6 Å². The van der Waals surface area contributed by atoms with Gasteiger partial charge in [0.05, 0.1) is 15.9 Å². The van der Waals surface area contributed by atoms with Crippen molar-refractivity contribution in [2.45, 2.75) is 0 Å². The molecule has 0 unspecified atom stereocenters. The Bertz CT molecular complexity index is 753. The second-order valence-corrected chi connectivity index (χ2v) is 5.19. The van der Waals surface area contributed by atoms with Gasteiger partial charge in [0.2, 0.25) is 0 Å². The number of benzene rings is 2. The lowest BCUT2D eigenvalue weighted by Crippen LogP contribution is -2.01. The first kappa shape index (κ1) is 12.9. The van der Waals surface area contributed by atoms with E-state index in [0.717, 1.165) is 11.3 Å². The Labute approximate surface area is 124 Å². The molecule has 1 heterocycles. The molecule has 0 radical (unpaired) electrons. The Kier molecular flexibility index (Phi) is 3.28. The quantitative estimate of drug-likeness (QED) is 0.770. The van der Waals surface area contributed by atoms with Crippen LogP contribution < -0.4 is 5.73 Å². The van der Waals surface area contributed by atoms with Gasteiger partial charge < -0.3 is 5.73 Å². The Morgan fingerprint density at radius 1 is 1.05 bits per heavy atom. The van der Waals surface area contributed by atoms with Crippen LogP contribution in [0.3, 0.4) is 0 Å². The van der Waals surface area contributed by atoms with Gasteiger partial charge in [-0.2, -0.15) is 5.10 Å². The summed E-state index contributed by atoms with van der Waals surface area (Å²) in [7, 11) is 0. The molecular formula is C15H11BrFN3. The maximum Gasteiger partial charge on any atom is 0.137 e. The first-order valence-corrected chi connectivity index (χ1v) is 6.81. The van der Waals surface area contributed by atoms with Crippen molar-refractivity contribution in [1.82, 2.24) is 9.78 Å². The number of rotatable bonds is 2. The van der Waals surface area contributed by atoms with Crippen LogP contribution in [-0.4, -0.2) is 9.78 Å². The highest BCUT2D eigenvalue weighted by Gasteiger charge is 2.10. The zero-order valence-corrected chi connectivity index (χ0v) is 12.0. The van der Waals surface area contributed by atoms with Gasteiger partial charge in [0, 0.05) is 11.6 Å². The van der Waals surface area contributed by atoms with Crippen LogP contribution in [0.25, 0.3) is 16.9 Å². The number of nitrogen functional groups attached to an aromatic ring is 1. The normalized spacial score (nSPS) is 10.7. The summed E-state index contributed by atoms with van der Waals surface area (Å²) in [6.07, 6.45) is 0. The molecule has 3 aromatic rings. The molecule has 0 spiro atoms. The van der Waals surface area contributed by atoms with E-state index in [1.54, 1.807) is 22.9 Å². The average Bonchev–Trinajstić information content (AvgIpc) is 2.85. The second-order valence-electron chi connectivity index (χ2n) is 4.33. The summed E-state index contributed by atoms with van der Waals surface area (Å²) in [5.74, 6) is 0.232. The highest BCUT2D eigenvalue weighted by molar-refractivity contribution is 9.10. The number of nitrogens with zero attached hydrogens (tertiary/aromatic N) is 2. The Hall–Kier alpha value is -2.14. The zero-order valence-electron chi connectivity index (χ0n) is 10.4. The third-order valence-electron chi connectivity index (χ3n) is 2.95. The van der Waals surface area contributed by atoms with Gasteiger partial charge in [-0.3, -0.25) is 0 Å². The molecule has 0 aliphatic carbocycles. The van der Waals surface area contributed by atoms with Crippen molar-refractivity contribution in [1.29, 1.82) is 0 Å². The molecule has 0 atom stereocenters. The van der Waals surface area contributed by atoms with Gasteiger partial charge >= 0.3 is 0 Å². The Morgan fingerprint density at radius 3 is 2.50 bits per heavy atom. The third-order valence-corrected chi connectivity index (χ3v) is 3.56. The Balaban J connectivity index is 2.06. The molecule has 0 aliphatic heterocycles. The lowest BCUT2D eigenvalue weighted by molar-refractivity contribution is 0.621. The molecule has 3 nitrogen and oxygen atoms in total. The van der Waals surface area contributed by atoms with E-state index in [9.17, 15) is 4.39 Å². The molecule has 1 aromatic heterocycles. The van der Waals surface area contributed by atoms with Crippen molar-refractivity contribution in [3.8, 4) is 16.9 Å². The van der Waals surface area contributed by atoms with Crippen molar-refractivity contribution in [3.63, 3.8) is 0 Å². The SMILES string of the molecule is Nc1cc(-c2ccc(F)c(Br)c2)nn1-c1ccccc1. The molecule has 0 aliphatic rings. The molecule has 3 rings (SSSR count). The van der Waals surface area contributed by atoms with Crippen LogP contribution in [0, 0.1) is 5.82 Å². The number of anilines is 1. The van der Waals surface area contributed by atoms with Crippen LogP contribution in [0.1, 0.15) is 0 Å². The van der Waals surface area contributed by atoms with Crippen molar-refractivity contribution >= 4 is 21.7 Å². The fourth-order valence-corrected chi connectivity index (χ4v) is 2.35. The van der Waals surface area contributed by atoms with E-state index in [0.29, 0.717) is 16.0 Å². The van der Waals surface area contributed by atoms with Crippen molar-refractivity contribution in [2.24, 2.45) is 0 Å². The van der Waals surface area contributed by atoms with Crippen LogP contribution in [0.15, 0.2) is 59.1 Å². The van der Waals surface area contributed by atoms with E-state index >= 15 is 0 Å². The molecular weight excluding hydrogens is 321 g/mol. The number of para-hydroxylation sites is 1. The van der Waals surface area contributed by atoms with Crippen molar-refractivity contribution in [3.05, 3.63) is 64.9 Å². The van der Waals surface area contributed by atoms with Crippen LogP contribution in [-0.2, 0) is 0 Å². The molecule has 20 heavy (non-hydrogen) atoms. The summed E-state index contributed by atoms with van der Waals surface area (Å²) in [6, 6.07) is 16.2. The van der Waals surface area contributed by atoms with E-state index in [1.807, 2.05) is 30.3 Å². The minimum atomic E-state index is -0.302. The predicted molar refractivity (Wildman–Crippen MR) is 81.1 cm³/mol. The number of halogens is 2. The molecule has 2 aromatic carbocycles. The lowest BCUT2D eigenvalue weighted by Gasteiger charge is -2.02. The lowest BCUT2D eigenvalue weighted by atomic mass is 10.1. The number of hydrogen-bond donors (Lipinski definition) is 1. The number of hydrogen-bond acceptors (Lipinski definition) is 2. The topological polar surface area (TPSA) is 43.8 Å². The predicted octanol–water partition coefficient (Wildman–Crippen LogP) is 4.02. The van der Waals surface area contributed by atoms with Gasteiger partial charge in [-0.05, 0) is 46.3 Å². The van der Waals surface area contributed by atoms with E-state index in [2.05, 4.69) is 21.0 Å². The standard InChI is InChI=1S/C15H11BrFN3/c16-12-8-10(6-7-13(12)17)14-9-15(18)20(19-14)11-4-2-1-3-5-11/h1-9H,18H2. The minimum absolute atomic E-state index is 0.302. The molecule has 0 fully saturated rings. The summed E-state index contributed by atoms with van der Waals surface area (Å²) in [4.78, 5) is 0. The minimum Gasteiger partial charge on any atom is -0.384 e. The molecule has 2 N–H and O–H groups in total. The average molecular weight is 332 g/mol. The van der Waals surface area contributed by atoms with Crippen LogP contribution in [0.4, 0.5) is 10.2 Å². The van der Waals surface area contributed by atoms with Gasteiger partial charge in [0.25, 0.3) is 0 Å². The summed E-state index contributed by atoms with van der Waals surface area (Å²) in [5.41, 5.74) is 8.39. The fraction of sp³-hybridized carbons (Fsp3) is 0. The molecule has 0 saturated carbocycles. The van der Waals surface area contributed by atoms with Crippen LogP contribution in [0.2, 0.25) is 0 Å². The molecule has 5 heteroatoms. The molecule has 0 bridgehead atoms. The second kappa shape index (κ2) is 5.09. The maximum absolute atomic E-state index is 13.3. The summed E-state index contributed by atoms with van der Waals surface area (Å²) >= 11 is 3.17. The summed E-state index contributed by atoms with van der Waals surface area (Å²) < 4.78 is 15.3. The largest absolute Gasteiger partial charge is 0.384 e. The van der Waals surface area contributed by atoms with E-state index in [4.69, 9.17) is 5.73 Å². The number of aromatic nitrogens is 2. The molecule has 100 valence electrons. The molecule has 0 amide bonds. The zero-order chi connectivity index (χ0) is 14.1. The van der Waals surface area contributed by atoms with Crippen LogP contribution in [0.5, 0.6) is 0 Å².